The molecular weight excluding hydrogens is 343 g/mol. The topological polar surface area (TPSA) is 92.4 Å². The Kier molecular flexibility index (Phi) is 4.23. The summed E-state index contributed by atoms with van der Waals surface area (Å²) in [6.45, 7) is 0. The third-order valence-corrected chi connectivity index (χ3v) is 3.46. The van der Waals surface area contributed by atoms with E-state index in [4.69, 9.17) is 10.8 Å². The maximum Gasteiger partial charge on any atom is 0.337 e. The van der Waals surface area contributed by atoms with Gasteiger partial charge in [-0.3, -0.25) is 4.79 Å². The van der Waals surface area contributed by atoms with Crippen LogP contribution in [0.2, 0.25) is 0 Å². The van der Waals surface area contributed by atoms with Crippen molar-refractivity contribution in [3.63, 3.8) is 0 Å². The molecule has 0 saturated heterocycles. The van der Waals surface area contributed by atoms with Crippen molar-refractivity contribution in [1.29, 1.82) is 0 Å². The highest BCUT2D eigenvalue weighted by atomic mass is 79.9. The van der Waals surface area contributed by atoms with E-state index < -0.39 is 17.7 Å². The zero-order valence-electron chi connectivity index (χ0n) is 10.6. The van der Waals surface area contributed by atoms with Crippen LogP contribution in [0, 0.1) is 5.82 Å². The summed E-state index contributed by atoms with van der Waals surface area (Å²) in [6.07, 6.45) is 0. The first-order chi connectivity index (χ1) is 9.90. The molecule has 5 nitrogen and oxygen atoms in total. The first kappa shape index (κ1) is 15.0. The molecule has 108 valence electrons. The number of benzene rings is 2. The van der Waals surface area contributed by atoms with Crippen molar-refractivity contribution in [3.8, 4) is 0 Å². The zero-order valence-corrected chi connectivity index (χ0v) is 12.1. The summed E-state index contributed by atoms with van der Waals surface area (Å²) in [7, 11) is 0. The highest BCUT2D eigenvalue weighted by Gasteiger charge is 2.17. The van der Waals surface area contributed by atoms with E-state index in [1.54, 1.807) is 6.07 Å². The Morgan fingerprint density at radius 2 is 1.95 bits per heavy atom. The van der Waals surface area contributed by atoms with Crippen LogP contribution in [-0.4, -0.2) is 17.0 Å². The molecule has 0 aromatic heterocycles. The smallest absolute Gasteiger partial charge is 0.337 e. The number of halogens is 2. The molecule has 0 atom stereocenters. The number of nitrogens with one attached hydrogen (secondary N) is 1. The molecule has 0 saturated carbocycles. The van der Waals surface area contributed by atoms with Crippen molar-refractivity contribution < 1.29 is 19.1 Å². The Bertz CT molecular complexity index is 734. The molecule has 0 spiro atoms. The number of carboxylic acids is 1. The van der Waals surface area contributed by atoms with Crippen LogP contribution in [0.3, 0.4) is 0 Å². The molecule has 0 unspecified atom stereocenters. The Hall–Kier alpha value is -2.41. The number of carbonyl (C=O) groups is 2. The Morgan fingerprint density at radius 1 is 1.24 bits per heavy atom. The summed E-state index contributed by atoms with van der Waals surface area (Å²) in [5, 5.41) is 11.3. The predicted molar refractivity (Wildman–Crippen MR) is 79.9 cm³/mol. The van der Waals surface area contributed by atoms with Gasteiger partial charge in [0.1, 0.15) is 5.82 Å². The summed E-state index contributed by atoms with van der Waals surface area (Å²) >= 11 is 3.19. The van der Waals surface area contributed by atoms with Gasteiger partial charge in [-0.1, -0.05) is 6.07 Å². The number of nitrogen functional groups attached to an aromatic ring is 1. The Morgan fingerprint density at radius 3 is 2.57 bits per heavy atom. The van der Waals surface area contributed by atoms with Gasteiger partial charge in [0.2, 0.25) is 0 Å². The molecule has 2 aromatic carbocycles. The summed E-state index contributed by atoms with van der Waals surface area (Å²) in [5.74, 6) is -2.81. The van der Waals surface area contributed by atoms with Crippen LogP contribution in [0.4, 0.5) is 15.8 Å². The predicted octanol–water partition coefficient (Wildman–Crippen LogP) is 3.12. The van der Waals surface area contributed by atoms with Crippen LogP contribution in [0.15, 0.2) is 40.9 Å². The molecule has 0 radical (unpaired) electrons. The van der Waals surface area contributed by atoms with Crippen LogP contribution >= 0.6 is 15.9 Å². The first-order valence-corrected chi connectivity index (χ1v) is 6.57. The minimum absolute atomic E-state index is 0.190. The van der Waals surface area contributed by atoms with E-state index in [1.807, 2.05) is 0 Å². The Balaban J connectivity index is 2.36. The van der Waals surface area contributed by atoms with E-state index in [0.717, 1.165) is 6.07 Å². The van der Waals surface area contributed by atoms with E-state index in [-0.39, 0.29) is 16.8 Å². The standard InChI is InChI=1S/C14H10BrFN2O3/c15-9-5-4-7(6-11(9)17)13(19)18-12-8(14(20)21)2-1-3-10(12)16/h1-6H,17H2,(H,18,19)(H,20,21). The van der Waals surface area contributed by atoms with Gasteiger partial charge in [-0.05, 0) is 46.3 Å². The molecule has 0 aliphatic heterocycles. The fraction of sp³-hybridized carbons (Fsp3) is 0. The van der Waals surface area contributed by atoms with E-state index in [0.29, 0.717) is 10.2 Å². The average molecular weight is 353 g/mol. The van der Waals surface area contributed by atoms with Gasteiger partial charge in [-0.25, -0.2) is 9.18 Å². The van der Waals surface area contributed by atoms with Crippen molar-refractivity contribution >= 4 is 39.2 Å². The molecule has 21 heavy (non-hydrogen) atoms. The second-order valence-corrected chi connectivity index (χ2v) is 5.01. The SMILES string of the molecule is Nc1cc(C(=O)Nc2c(F)cccc2C(=O)O)ccc1Br. The van der Waals surface area contributed by atoms with Crippen LogP contribution in [-0.2, 0) is 0 Å². The number of carbonyl (C=O) groups excluding carboxylic acids is 1. The second kappa shape index (κ2) is 5.92. The van der Waals surface area contributed by atoms with Crippen LogP contribution in [0.1, 0.15) is 20.7 Å². The number of aromatic carboxylic acids is 1. The largest absolute Gasteiger partial charge is 0.478 e. The van der Waals surface area contributed by atoms with E-state index in [1.165, 1.54) is 24.3 Å². The molecule has 0 bridgehead atoms. The lowest BCUT2D eigenvalue weighted by molar-refractivity contribution is 0.0697. The average Bonchev–Trinajstić information content (AvgIpc) is 2.43. The van der Waals surface area contributed by atoms with Gasteiger partial charge in [0.05, 0.1) is 11.3 Å². The third kappa shape index (κ3) is 3.19. The molecule has 7 heteroatoms. The molecule has 2 aromatic rings. The van der Waals surface area contributed by atoms with Gasteiger partial charge in [0, 0.05) is 15.7 Å². The maximum atomic E-state index is 13.7. The lowest BCUT2D eigenvalue weighted by atomic mass is 10.1. The monoisotopic (exact) mass is 352 g/mol. The fourth-order valence-electron chi connectivity index (χ4n) is 1.70. The molecule has 0 aliphatic rings. The summed E-state index contributed by atoms with van der Waals surface area (Å²) in [4.78, 5) is 23.1. The molecule has 1 amide bonds. The van der Waals surface area contributed by atoms with Gasteiger partial charge in [0.25, 0.3) is 5.91 Å². The molecule has 4 N–H and O–H groups in total. The van der Waals surface area contributed by atoms with Crippen molar-refractivity contribution in [2.24, 2.45) is 0 Å². The number of rotatable bonds is 3. The van der Waals surface area contributed by atoms with Crippen LogP contribution < -0.4 is 11.1 Å². The van der Waals surface area contributed by atoms with Gasteiger partial charge in [-0.2, -0.15) is 0 Å². The minimum atomic E-state index is -1.33. The summed E-state index contributed by atoms with van der Waals surface area (Å²) < 4.78 is 14.3. The van der Waals surface area contributed by atoms with Crippen LogP contribution in [0.5, 0.6) is 0 Å². The molecular formula is C14H10BrFN2O3. The highest BCUT2D eigenvalue weighted by molar-refractivity contribution is 9.10. The number of para-hydroxylation sites is 1. The lowest BCUT2D eigenvalue weighted by Gasteiger charge is -2.10. The number of anilines is 2. The fourth-order valence-corrected chi connectivity index (χ4v) is 1.95. The maximum absolute atomic E-state index is 13.7. The molecule has 0 aliphatic carbocycles. The quantitative estimate of drug-likeness (QED) is 0.740. The first-order valence-electron chi connectivity index (χ1n) is 5.78. The van der Waals surface area contributed by atoms with E-state index in [9.17, 15) is 14.0 Å². The molecule has 2 rings (SSSR count). The highest BCUT2D eigenvalue weighted by Crippen LogP contribution is 2.23. The third-order valence-electron chi connectivity index (χ3n) is 2.74. The number of hydrogen-bond acceptors (Lipinski definition) is 3. The number of hydrogen-bond donors (Lipinski definition) is 3. The minimum Gasteiger partial charge on any atom is -0.478 e. The van der Waals surface area contributed by atoms with E-state index in [2.05, 4.69) is 21.2 Å². The normalized spacial score (nSPS) is 10.2. The lowest BCUT2D eigenvalue weighted by Crippen LogP contribution is -2.16. The van der Waals surface area contributed by atoms with Crippen molar-refractivity contribution in [2.75, 3.05) is 11.1 Å². The number of nitrogens with two attached hydrogens (primary N) is 1. The van der Waals surface area contributed by atoms with Gasteiger partial charge >= 0.3 is 5.97 Å². The summed E-state index contributed by atoms with van der Waals surface area (Å²) in [5.41, 5.74) is 5.49. The summed E-state index contributed by atoms with van der Waals surface area (Å²) in [6, 6.07) is 7.99. The number of amides is 1. The van der Waals surface area contributed by atoms with Crippen LogP contribution in [0.25, 0.3) is 0 Å². The second-order valence-electron chi connectivity index (χ2n) is 4.16. The molecule has 0 heterocycles. The van der Waals surface area contributed by atoms with Gasteiger partial charge in [-0.15, -0.1) is 0 Å². The molecule has 0 fully saturated rings. The van der Waals surface area contributed by atoms with Crippen molar-refractivity contribution in [3.05, 3.63) is 57.8 Å². The van der Waals surface area contributed by atoms with Gasteiger partial charge in [0.15, 0.2) is 0 Å². The number of carboxylic acid groups (broad SMARTS) is 1. The Labute approximate surface area is 127 Å². The van der Waals surface area contributed by atoms with Crippen molar-refractivity contribution in [1.82, 2.24) is 0 Å². The van der Waals surface area contributed by atoms with Crippen molar-refractivity contribution in [2.45, 2.75) is 0 Å². The van der Waals surface area contributed by atoms with E-state index >= 15 is 0 Å². The van der Waals surface area contributed by atoms with Gasteiger partial charge < -0.3 is 16.2 Å². The zero-order chi connectivity index (χ0) is 15.6.